The van der Waals surface area contributed by atoms with Crippen molar-refractivity contribution in [2.75, 3.05) is 11.3 Å². The summed E-state index contributed by atoms with van der Waals surface area (Å²) in [6.07, 6.45) is 4.15. The highest BCUT2D eigenvalue weighted by Gasteiger charge is 2.46. The number of hydrogen-bond donors (Lipinski definition) is 2. The molecule has 1 amide bonds. The maximum absolute atomic E-state index is 12.4. The minimum atomic E-state index is -5.58. The average molecular weight is 336 g/mol. The van der Waals surface area contributed by atoms with Gasteiger partial charge in [0.25, 0.3) is 5.91 Å². The van der Waals surface area contributed by atoms with Crippen molar-refractivity contribution >= 4 is 21.6 Å². The maximum Gasteiger partial charge on any atom is 0.516 e. The first kappa shape index (κ1) is 18.0. The van der Waals surface area contributed by atoms with Gasteiger partial charge in [-0.05, 0) is 25.5 Å². The number of amides is 1. The van der Waals surface area contributed by atoms with Crippen molar-refractivity contribution in [3.63, 3.8) is 0 Å². The summed E-state index contributed by atoms with van der Waals surface area (Å²) in [6.45, 7) is 2.09. The highest BCUT2D eigenvalue weighted by atomic mass is 32.2. The number of sulfonamides is 1. The predicted octanol–water partition coefficient (Wildman–Crippen LogP) is 2.64. The Labute approximate surface area is 126 Å². The van der Waals surface area contributed by atoms with Gasteiger partial charge in [0, 0.05) is 6.54 Å². The van der Waals surface area contributed by atoms with E-state index in [-0.39, 0.29) is 12.1 Å². The van der Waals surface area contributed by atoms with E-state index in [1.165, 1.54) is 22.9 Å². The summed E-state index contributed by atoms with van der Waals surface area (Å²) >= 11 is 0. The lowest BCUT2D eigenvalue weighted by Gasteiger charge is -2.13. The SMILES string of the molecule is C/C=C/CCNC(=O)c1ccccc1NS(=O)(=O)C(F)(F)F. The van der Waals surface area contributed by atoms with Gasteiger partial charge in [-0.3, -0.25) is 9.52 Å². The van der Waals surface area contributed by atoms with Crippen LogP contribution in [0.1, 0.15) is 23.7 Å². The molecule has 0 saturated heterocycles. The second-order valence-corrected chi connectivity index (χ2v) is 5.88. The van der Waals surface area contributed by atoms with E-state index < -0.39 is 27.1 Å². The first-order valence-electron chi connectivity index (χ1n) is 6.26. The standard InChI is InChI=1S/C13H15F3N2O3S/c1-2-3-6-9-17-12(19)10-7-4-5-8-11(10)18-22(20,21)13(14,15)16/h2-5,7-8,18H,6,9H2,1H3,(H,17,19)/b3-2+. The van der Waals surface area contributed by atoms with E-state index in [9.17, 15) is 26.4 Å². The zero-order chi connectivity index (χ0) is 16.8. The molecule has 0 heterocycles. The molecular weight excluding hydrogens is 321 g/mol. The molecule has 2 N–H and O–H groups in total. The third-order valence-corrected chi connectivity index (χ3v) is 3.65. The second kappa shape index (κ2) is 7.30. The quantitative estimate of drug-likeness (QED) is 0.619. The lowest BCUT2D eigenvalue weighted by atomic mass is 10.1. The van der Waals surface area contributed by atoms with Crippen LogP contribution < -0.4 is 10.0 Å². The van der Waals surface area contributed by atoms with Crippen molar-refractivity contribution in [3.05, 3.63) is 42.0 Å². The van der Waals surface area contributed by atoms with Gasteiger partial charge in [-0.25, -0.2) is 0 Å². The van der Waals surface area contributed by atoms with Crippen molar-refractivity contribution in [1.82, 2.24) is 5.32 Å². The van der Waals surface area contributed by atoms with Gasteiger partial charge in [0.2, 0.25) is 0 Å². The molecule has 1 aromatic rings. The molecule has 0 spiro atoms. The number of benzene rings is 1. The lowest BCUT2D eigenvalue weighted by molar-refractivity contribution is -0.0429. The number of alkyl halides is 3. The number of halogens is 3. The summed E-state index contributed by atoms with van der Waals surface area (Å²) in [5, 5.41) is 2.49. The molecule has 0 unspecified atom stereocenters. The molecule has 1 rings (SSSR count). The van der Waals surface area contributed by atoms with Crippen molar-refractivity contribution in [2.24, 2.45) is 0 Å². The van der Waals surface area contributed by atoms with Crippen LogP contribution in [-0.2, 0) is 10.0 Å². The van der Waals surface area contributed by atoms with Crippen molar-refractivity contribution in [2.45, 2.75) is 18.9 Å². The number of allylic oxidation sites excluding steroid dienone is 1. The highest BCUT2D eigenvalue weighted by molar-refractivity contribution is 7.93. The largest absolute Gasteiger partial charge is 0.516 e. The monoisotopic (exact) mass is 336 g/mol. The Morgan fingerprint density at radius 2 is 1.91 bits per heavy atom. The Hall–Kier alpha value is -2.03. The molecule has 0 saturated carbocycles. The third-order valence-electron chi connectivity index (χ3n) is 2.55. The molecule has 22 heavy (non-hydrogen) atoms. The Morgan fingerprint density at radius 1 is 1.27 bits per heavy atom. The lowest BCUT2D eigenvalue weighted by Crippen LogP contribution is -2.31. The molecule has 122 valence electrons. The normalized spacial score (nSPS) is 12.4. The van der Waals surface area contributed by atoms with Gasteiger partial charge in [0.1, 0.15) is 0 Å². The number of rotatable bonds is 6. The molecule has 0 atom stereocenters. The minimum absolute atomic E-state index is 0.184. The van der Waals surface area contributed by atoms with Crippen LogP contribution in [0.3, 0.4) is 0 Å². The van der Waals surface area contributed by atoms with E-state index in [0.717, 1.165) is 6.07 Å². The van der Waals surface area contributed by atoms with Crippen molar-refractivity contribution in [1.29, 1.82) is 0 Å². The van der Waals surface area contributed by atoms with Gasteiger partial charge in [0.05, 0.1) is 11.3 Å². The summed E-state index contributed by atoms with van der Waals surface area (Å²) in [5.41, 5.74) is -6.07. The predicted molar refractivity (Wildman–Crippen MR) is 76.8 cm³/mol. The Morgan fingerprint density at radius 3 is 2.50 bits per heavy atom. The first-order chi connectivity index (χ1) is 10.2. The Balaban J connectivity index is 2.93. The fourth-order valence-corrected chi connectivity index (χ4v) is 2.09. The van der Waals surface area contributed by atoms with Crippen molar-refractivity contribution < 1.29 is 26.4 Å². The molecule has 0 aliphatic heterocycles. The molecule has 0 aromatic heterocycles. The van der Waals surface area contributed by atoms with E-state index >= 15 is 0 Å². The van der Waals surface area contributed by atoms with Crippen LogP contribution >= 0.6 is 0 Å². The van der Waals surface area contributed by atoms with Gasteiger partial charge >= 0.3 is 15.5 Å². The molecule has 0 aliphatic rings. The zero-order valence-electron chi connectivity index (χ0n) is 11.6. The van der Waals surface area contributed by atoms with Crippen LogP contribution in [0, 0.1) is 0 Å². The fourth-order valence-electron chi connectivity index (χ4n) is 1.50. The molecule has 5 nitrogen and oxygen atoms in total. The number of nitrogens with one attached hydrogen (secondary N) is 2. The van der Waals surface area contributed by atoms with Gasteiger partial charge in [0.15, 0.2) is 0 Å². The number of carbonyl (C=O) groups is 1. The van der Waals surface area contributed by atoms with Crippen LogP contribution in [0.5, 0.6) is 0 Å². The number of hydrogen-bond acceptors (Lipinski definition) is 3. The minimum Gasteiger partial charge on any atom is -0.352 e. The molecule has 1 aromatic carbocycles. The van der Waals surface area contributed by atoms with Crippen molar-refractivity contribution in [3.8, 4) is 0 Å². The third kappa shape index (κ3) is 4.76. The van der Waals surface area contributed by atoms with Crippen LogP contribution in [0.15, 0.2) is 36.4 Å². The highest BCUT2D eigenvalue weighted by Crippen LogP contribution is 2.26. The first-order valence-corrected chi connectivity index (χ1v) is 7.75. The molecule has 9 heteroatoms. The van der Waals surface area contributed by atoms with Crippen LogP contribution in [0.2, 0.25) is 0 Å². The fraction of sp³-hybridized carbons (Fsp3) is 0.308. The topological polar surface area (TPSA) is 75.3 Å². The number of para-hydroxylation sites is 1. The molecule has 0 radical (unpaired) electrons. The molecule has 0 bridgehead atoms. The van der Waals surface area contributed by atoms with Gasteiger partial charge in [-0.2, -0.15) is 21.6 Å². The van der Waals surface area contributed by atoms with Crippen LogP contribution in [0.4, 0.5) is 18.9 Å². The molecule has 0 aliphatic carbocycles. The zero-order valence-corrected chi connectivity index (χ0v) is 12.5. The number of carbonyl (C=O) groups excluding carboxylic acids is 1. The Kier molecular flexibility index (Phi) is 5.98. The van der Waals surface area contributed by atoms with E-state index in [0.29, 0.717) is 6.42 Å². The smallest absolute Gasteiger partial charge is 0.352 e. The number of anilines is 1. The van der Waals surface area contributed by atoms with Crippen LogP contribution in [0.25, 0.3) is 0 Å². The van der Waals surface area contributed by atoms with Gasteiger partial charge in [-0.15, -0.1) is 0 Å². The molecular formula is C13H15F3N2O3S. The van der Waals surface area contributed by atoms with E-state index in [4.69, 9.17) is 0 Å². The second-order valence-electron chi connectivity index (χ2n) is 4.21. The summed E-state index contributed by atoms with van der Waals surface area (Å²) < 4.78 is 60.8. The average Bonchev–Trinajstić information content (AvgIpc) is 2.42. The summed E-state index contributed by atoms with van der Waals surface area (Å²) in [5.74, 6) is -0.662. The summed E-state index contributed by atoms with van der Waals surface area (Å²) in [7, 11) is -5.58. The molecule has 0 fully saturated rings. The van der Waals surface area contributed by atoms with E-state index in [2.05, 4.69) is 5.32 Å². The van der Waals surface area contributed by atoms with E-state index in [1.807, 2.05) is 6.92 Å². The van der Waals surface area contributed by atoms with Gasteiger partial charge in [-0.1, -0.05) is 24.3 Å². The summed E-state index contributed by atoms with van der Waals surface area (Å²) in [6, 6.07) is 5.07. The summed E-state index contributed by atoms with van der Waals surface area (Å²) in [4.78, 5) is 11.9. The van der Waals surface area contributed by atoms with Crippen LogP contribution in [-0.4, -0.2) is 26.4 Å². The van der Waals surface area contributed by atoms with Gasteiger partial charge < -0.3 is 5.32 Å². The van der Waals surface area contributed by atoms with E-state index in [1.54, 1.807) is 12.2 Å². The maximum atomic E-state index is 12.4. The Bertz CT molecular complexity index is 655.